The highest BCUT2D eigenvalue weighted by atomic mass is 79.9. The van der Waals surface area contributed by atoms with E-state index in [-0.39, 0.29) is 12.5 Å². The number of aromatic nitrogens is 2. The lowest BCUT2D eigenvalue weighted by atomic mass is 10.1. The van der Waals surface area contributed by atoms with Crippen LogP contribution in [0.3, 0.4) is 0 Å². The zero-order valence-electron chi connectivity index (χ0n) is 15.0. The molecule has 3 aromatic carbocycles. The third kappa shape index (κ3) is 4.58. The average molecular weight is 436 g/mol. The summed E-state index contributed by atoms with van der Waals surface area (Å²) in [6, 6.07) is 21.8. The molecule has 4 rings (SSSR count). The van der Waals surface area contributed by atoms with Crippen LogP contribution in [-0.4, -0.2) is 22.3 Å². The van der Waals surface area contributed by atoms with E-state index in [0.29, 0.717) is 18.0 Å². The molecule has 0 aliphatic heterocycles. The lowest BCUT2D eigenvalue weighted by molar-refractivity contribution is -0.118. The molecule has 140 valence electrons. The third-order valence-corrected chi connectivity index (χ3v) is 4.79. The van der Waals surface area contributed by atoms with E-state index in [1.54, 1.807) is 17.1 Å². The number of fused-ring (bicyclic) bond motifs is 1. The second-order valence-corrected chi connectivity index (χ2v) is 7.31. The lowest BCUT2D eigenvalue weighted by Crippen LogP contribution is -2.19. The van der Waals surface area contributed by atoms with Gasteiger partial charge in [0.15, 0.2) is 6.61 Å². The van der Waals surface area contributed by atoms with Gasteiger partial charge in [0.25, 0.3) is 5.91 Å². The Labute approximate surface area is 171 Å². The van der Waals surface area contributed by atoms with Gasteiger partial charge in [0.2, 0.25) is 0 Å². The quantitative estimate of drug-likeness (QED) is 0.470. The number of benzene rings is 3. The summed E-state index contributed by atoms with van der Waals surface area (Å²) in [5.41, 5.74) is 1.77. The van der Waals surface area contributed by atoms with Crippen molar-refractivity contribution in [3.63, 3.8) is 0 Å². The first-order valence-corrected chi connectivity index (χ1v) is 9.63. The number of carbonyl (C=O) groups excluding carboxylic acids is 1. The Morgan fingerprint density at radius 3 is 2.64 bits per heavy atom. The van der Waals surface area contributed by atoms with E-state index < -0.39 is 0 Å². The zero-order chi connectivity index (χ0) is 19.3. The molecule has 0 saturated heterocycles. The van der Waals surface area contributed by atoms with Crippen molar-refractivity contribution in [3.8, 4) is 5.75 Å². The van der Waals surface area contributed by atoms with Crippen LogP contribution in [0.1, 0.15) is 5.56 Å². The Morgan fingerprint density at radius 1 is 1.04 bits per heavy atom. The van der Waals surface area contributed by atoms with Crippen molar-refractivity contribution in [2.75, 3.05) is 11.9 Å². The molecule has 0 spiro atoms. The molecule has 1 aromatic heterocycles. The third-order valence-electron chi connectivity index (χ3n) is 4.27. The molecule has 0 unspecified atom stereocenters. The first-order valence-electron chi connectivity index (χ1n) is 8.84. The van der Waals surface area contributed by atoms with E-state index in [1.807, 2.05) is 66.7 Å². The Morgan fingerprint density at radius 2 is 1.82 bits per heavy atom. The Balaban J connectivity index is 1.32. The van der Waals surface area contributed by atoms with E-state index in [0.717, 1.165) is 20.8 Å². The Kier molecular flexibility index (Phi) is 5.39. The van der Waals surface area contributed by atoms with Crippen molar-refractivity contribution >= 4 is 38.3 Å². The summed E-state index contributed by atoms with van der Waals surface area (Å²) in [5.74, 6) is 0.441. The summed E-state index contributed by atoms with van der Waals surface area (Å²) in [6.45, 7) is 0.576. The van der Waals surface area contributed by atoms with Crippen LogP contribution < -0.4 is 10.1 Å². The molecule has 28 heavy (non-hydrogen) atoms. The maximum Gasteiger partial charge on any atom is 0.262 e. The fourth-order valence-electron chi connectivity index (χ4n) is 2.89. The van der Waals surface area contributed by atoms with E-state index >= 15 is 0 Å². The second-order valence-electron chi connectivity index (χ2n) is 6.40. The normalized spacial score (nSPS) is 10.8. The average Bonchev–Trinajstić information content (AvgIpc) is 3.14. The van der Waals surface area contributed by atoms with Gasteiger partial charge in [-0.1, -0.05) is 58.4 Å². The molecule has 5 nitrogen and oxygen atoms in total. The summed E-state index contributed by atoms with van der Waals surface area (Å²) in [5, 5.41) is 9.31. The van der Waals surface area contributed by atoms with Crippen LogP contribution in [0.2, 0.25) is 0 Å². The molecule has 0 radical (unpaired) electrons. The number of hydrogen-bond acceptors (Lipinski definition) is 3. The lowest BCUT2D eigenvalue weighted by Gasteiger charge is -2.07. The second kappa shape index (κ2) is 8.27. The molecule has 4 aromatic rings. The summed E-state index contributed by atoms with van der Waals surface area (Å²) >= 11 is 3.42. The maximum absolute atomic E-state index is 12.2. The summed E-state index contributed by atoms with van der Waals surface area (Å²) in [6.07, 6.45) is 3.43. The first-order chi connectivity index (χ1) is 13.7. The van der Waals surface area contributed by atoms with Gasteiger partial charge in [-0.05, 0) is 40.6 Å². The van der Waals surface area contributed by atoms with Crippen LogP contribution in [0, 0.1) is 0 Å². The Hall–Kier alpha value is -3.12. The SMILES string of the molecule is O=C(COc1ccc2ccccc2c1)Nc1cnn(Cc2ccc(Br)cc2)c1. The molecule has 0 fully saturated rings. The predicted molar refractivity (Wildman–Crippen MR) is 114 cm³/mol. The highest BCUT2D eigenvalue weighted by Gasteiger charge is 2.07. The number of hydrogen-bond donors (Lipinski definition) is 1. The highest BCUT2D eigenvalue weighted by Crippen LogP contribution is 2.20. The van der Waals surface area contributed by atoms with E-state index in [2.05, 4.69) is 26.3 Å². The molecule has 6 heteroatoms. The fourth-order valence-corrected chi connectivity index (χ4v) is 3.16. The summed E-state index contributed by atoms with van der Waals surface area (Å²) in [4.78, 5) is 12.2. The van der Waals surface area contributed by atoms with Crippen LogP contribution in [0.15, 0.2) is 83.6 Å². The number of nitrogens with one attached hydrogen (secondary N) is 1. The van der Waals surface area contributed by atoms with Crippen LogP contribution in [0.25, 0.3) is 10.8 Å². The zero-order valence-corrected chi connectivity index (χ0v) is 16.6. The number of ether oxygens (including phenoxy) is 1. The van der Waals surface area contributed by atoms with Gasteiger partial charge in [0.05, 0.1) is 18.4 Å². The molecule has 0 aliphatic carbocycles. The number of amides is 1. The smallest absolute Gasteiger partial charge is 0.262 e. The van der Waals surface area contributed by atoms with Gasteiger partial charge < -0.3 is 10.1 Å². The molecule has 1 N–H and O–H groups in total. The van der Waals surface area contributed by atoms with Gasteiger partial charge in [0, 0.05) is 10.7 Å². The highest BCUT2D eigenvalue weighted by molar-refractivity contribution is 9.10. The predicted octanol–water partition coefficient (Wildman–Crippen LogP) is 4.86. The van der Waals surface area contributed by atoms with Crippen molar-refractivity contribution in [2.24, 2.45) is 0 Å². The number of nitrogens with zero attached hydrogens (tertiary/aromatic N) is 2. The van der Waals surface area contributed by atoms with Crippen molar-refractivity contribution in [3.05, 3.63) is 89.2 Å². The minimum absolute atomic E-state index is 0.0593. The molecule has 0 bridgehead atoms. The number of carbonyl (C=O) groups is 1. The molecule has 1 heterocycles. The fraction of sp³-hybridized carbons (Fsp3) is 0.0909. The van der Waals surface area contributed by atoms with Gasteiger partial charge in [-0.15, -0.1) is 0 Å². The van der Waals surface area contributed by atoms with Crippen LogP contribution in [-0.2, 0) is 11.3 Å². The van der Waals surface area contributed by atoms with E-state index in [1.165, 1.54) is 0 Å². The molecule has 0 atom stereocenters. The standard InChI is InChI=1S/C22H18BrN3O2/c23-19-8-5-16(6-9-19)13-26-14-20(12-24-26)25-22(27)15-28-21-10-7-17-3-1-2-4-18(17)11-21/h1-12,14H,13,15H2,(H,25,27). The number of halogens is 1. The molecule has 1 amide bonds. The van der Waals surface area contributed by atoms with Gasteiger partial charge in [-0.25, -0.2) is 0 Å². The minimum Gasteiger partial charge on any atom is -0.484 e. The minimum atomic E-state index is -0.226. The van der Waals surface area contributed by atoms with Crippen molar-refractivity contribution in [1.82, 2.24) is 9.78 Å². The van der Waals surface area contributed by atoms with Gasteiger partial charge in [-0.3, -0.25) is 9.48 Å². The molecular formula is C22H18BrN3O2. The van der Waals surface area contributed by atoms with Gasteiger partial charge in [-0.2, -0.15) is 5.10 Å². The van der Waals surface area contributed by atoms with Crippen molar-refractivity contribution < 1.29 is 9.53 Å². The molecule has 0 aliphatic rings. The van der Waals surface area contributed by atoms with Crippen LogP contribution in [0.4, 0.5) is 5.69 Å². The first kappa shape index (κ1) is 18.3. The van der Waals surface area contributed by atoms with Crippen molar-refractivity contribution in [2.45, 2.75) is 6.54 Å². The van der Waals surface area contributed by atoms with E-state index in [9.17, 15) is 4.79 Å². The number of rotatable bonds is 6. The Bertz CT molecular complexity index is 1110. The van der Waals surface area contributed by atoms with Crippen LogP contribution >= 0.6 is 15.9 Å². The molecule has 0 saturated carbocycles. The van der Waals surface area contributed by atoms with Gasteiger partial charge in [0.1, 0.15) is 5.75 Å². The maximum atomic E-state index is 12.2. The monoisotopic (exact) mass is 435 g/mol. The van der Waals surface area contributed by atoms with Crippen LogP contribution in [0.5, 0.6) is 5.75 Å². The van der Waals surface area contributed by atoms with Crippen molar-refractivity contribution in [1.29, 1.82) is 0 Å². The number of anilines is 1. The van der Waals surface area contributed by atoms with E-state index in [4.69, 9.17) is 4.74 Å². The topological polar surface area (TPSA) is 56.1 Å². The summed E-state index contributed by atoms with van der Waals surface area (Å²) < 4.78 is 8.44. The van der Waals surface area contributed by atoms with Gasteiger partial charge >= 0.3 is 0 Å². The molecular weight excluding hydrogens is 418 g/mol. The summed E-state index contributed by atoms with van der Waals surface area (Å²) in [7, 11) is 0. The largest absolute Gasteiger partial charge is 0.484 e.